The molecule has 1 saturated carbocycles. The predicted octanol–water partition coefficient (Wildman–Crippen LogP) is 4.41. The molecule has 1 atom stereocenters. The van der Waals surface area contributed by atoms with E-state index in [9.17, 15) is 4.79 Å². The van der Waals surface area contributed by atoms with Crippen molar-refractivity contribution in [3.63, 3.8) is 0 Å². The Bertz CT molecular complexity index is 914. The number of pyridine rings is 1. The molecule has 4 nitrogen and oxygen atoms in total. The van der Waals surface area contributed by atoms with Gasteiger partial charge in [-0.2, -0.15) is 0 Å². The fourth-order valence-corrected chi connectivity index (χ4v) is 3.22. The van der Waals surface area contributed by atoms with E-state index in [2.05, 4.69) is 15.3 Å². The van der Waals surface area contributed by atoms with Gasteiger partial charge in [0.15, 0.2) is 0 Å². The number of carbonyl (C=O) groups excluding carboxylic acids is 1. The molecule has 2 aromatic heterocycles. The molecule has 0 radical (unpaired) electrons. The number of nitrogens with one attached hydrogen (secondary N) is 2. The van der Waals surface area contributed by atoms with Crippen LogP contribution in [0.4, 0.5) is 0 Å². The largest absolute Gasteiger partial charge is 0.351 e. The van der Waals surface area contributed by atoms with Crippen molar-refractivity contribution in [2.75, 3.05) is 0 Å². The SMILES string of the molecule is Cc1ccnc(C(NC(=O)c2cc3cc(Cl)ccc3[nH]2)C2CC2)c1. The minimum atomic E-state index is -0.109. The average molecular weight is 340 g/mol. The summed E-state index contributed by atoms with van der Waals surface area (Å²) in [5.74, 6) is 0.365. The Balaban J connectivity index is 1.60. The maximum absolute atomic E-state index is 12.7. The van der Waals surface area contributed by atoms with Gasteiger partial charge < -0.3 is 10.3 Å². The Morgan fingerprint density at radius 1 is 1.29 bits per heavy atom. The average Bonchev–Trinajstić information content (AvgIpc) is 3.31. The third-order valence-electron chi connectivity index (χ3n) is 4.46. The van der Waals surface area contributed by atoms with Crippen LogP contribution in [0.2, 0.25) is 5.02 Å². The number of carbonyl (C=O) groups is 1. The first-order valence-electron chi connectivity index (χ1n) is 8.12. The van der Waals surface area contributed by atoms with Gasteiger partial charge in [0.05, 0.1) is 11.7 Å². The van der Waals surface area contributed by atoms with Crippen molar-refractivity contribution in [1.82, 2.24) is 15.3 Å². The monoisotopic (exact) mass is 339 g/mol. The number of hydrogen-bond donors (Lipinski definition) is 2. The van der Waals surface area contributed by atoms with Crippen molar-refractivity contribution in [2.24, 2.45) is 5.92 Å². The Morgan fingerprint density at radius 2 is 2.12 bits per heavy atom. The predicted molar refractivity (Wildman–Crippen MR) is 95.2 cm³/mol. The van der Waals surface area contributed by atoms with Crippen LogP contribution < -0.4 is 5.32 Å². The van der Waals surface area contributed by atoms with E-state index in [0.717, 1.165) is 35.0 Å². The van der Waals surface area contributed by atoms with Crippen LogP contribution in [0.3, 0.4) is 0 Å². The van der Waals surface area contributed by atoms with Crippen LogP contribution in [0.25, 0.3) is 10.9 Å². The maximum Gasteiger partial charge on any atom is 0.268 e. The lowest BCUT2D eigenvalue weighted by Gasteiger charge is -2.17. The van der Waals surface area contributed by atoms with E-state index >= 15 is 0 Å². The number of fused-ring (bicyclic) bond motifs is 1. The van der Waals surface area contributed by atoms with Crippen molar-refractivity contribution in [3.05, 3.63) is 64.6 Å². The fraction of sp³-hybridized carbons (Fsp3) is 0.263. The molecule has 1 unspecified atom stereocenters. The third kappa shape index (κ3) is 3.02. The number of aromatic amines is 1. The van der Waals surface area contributed by atoms with E-state index in [0.29, 0.717) is 16.6 Å². The first-order chi connectivity index (χ1) is 11.6. The summed E-state index contributed by atoms with van der Waals surface area (Å²) in [6.07, 6.45) is 4.06. The lowest BCUT2D eigenvalue weighted by molar-refractivity contribution is 0.0926. The molecule has 5 heteroatoms. The van der Waals surface area contributed by atoms with Crippen LogP contribution >= 0.6 is 11.6 Å². The van der Waals surface area contributed by atoms with Gasteiger partial charge in [0.25, 0.3) is 5.91 Å². The molecule has 0 bridgehead atoms. The summed E-state index contributed by atoms with van der Waals surface area (Å²) in [4.78, 5) is 20.3. The highest BCUT2D eigenvalue weighted by atomic mass is 35.5. The van der Waals surface area contributed by atoms with Gasteiger partial charge in [0.2, 0.25) is 0 Å². The lowest BCUT2D eigenvalue weighted by Crippen LogP contribution is -2.30. The molecule has 1 aliphatic rings. The summed E-state index contributed by atoms with van der Waals surface area (Å²) in [5.41, 5.74) is 3.54. The normalized spacial score (nSPS) is 15.4. The number of rotatable bonds is 4. The van der Waals surface area contributed by atoms with Crippen LogP contribution in [-0.4, -0.2) is 15.9 Å². The molecule has 0 saturated heterocycles. The highest BCUT2D eigenvalue weighted by Gasteiger charge is 2.34. The number of hydrogen-bond acceptors (Lipinski definition) is 2. The van der Waals surface area contributed by atoms with Gasteiger partial charge in [-0.3, -0.25) is 9.78 Å². The number of halogens is 1. The number of aromatic nitrogens is 2. The Labute approximate surface area is 145 Å². The van der Waals surface area contributed by atoms with Gasteiger partial charge >= 0.3 is 0 Å². The van der Waals surface area contributed by atoms with Gasteiger partial charge in [-0.25, -0.2) is 0 Å². The summed E-state index contributed by atoms with van der Waals surface area (Å²) in [7, 11) is 0. The minimum Gasteiger partial charge on any atom is -0.351 e. The van der Waals surface area contributed by atoms with Crippen molar-refractivity contribution in [1.29, 1.82) is 0 Å². The molecule has 122 valence electrons. The molecule has 24 heavy (non-hydrogen) atoms. The molecule has 1 aromatic carbocycles. The Morgan fingerprint density at radius 3 is 2.88 bits per heavy atom. The smallest absolute Gasteiger partial charge is 0.268 e. The lowest BCUT2D eigenvalue weighted by atomic mass is 10.1. The fourth-order valence-electron chi connectivity index (χ4n) is 3.04. The zero-order valence-corrected chi connectivity index (χ0v) is 14.1. The number of benzene rings is 1. The molecular formula is C19H18ClN3O. The van der Waals surface area contributed by atoms with Crippen molar-refractivity contribution >= 4 is 28.4 Å². The van der Waals surface area contributed by atoms with Crippen LogP contribution in [0.15, 0.2) is 42.6 Å². The zero-order valence-electron chi connectivity index (χ0n) is 13.3. The Kier molecular flexibility index (Phi) is 3.77. The second-order valence-electron chi connectivity index (χ2n) is 6.46. The van der Waals surface area contributed by atoms with Gasteiger partial charge in [-0.1, -0.05) is 11.6 Å². The minimum absolute atomic E-state index is 0.0348. The van der Waals surface area contributed by atoms with Crippen LogP contribution in [0.1, 0.15) is 40.6 Å². The molecule has 1 fully saturated rings. The molecule has 2 N–H and O–H groups in total. The highest BCUT2D eigenvalue weighted by Crippen LogP contribution is 2.40. The number of H-pyrrole nitrogens is 1. The summed E-state index contributed by atoms with van der Waals surface area (Å²) >= 11 is 6.01. The van der Waals surface area contributed by atoms with Crippen LogP contribution in [0.5, 0.6) is 0 Å². The van der Waals surface area contributed by atoms with E-state index in [1.807, 2.05) is 43.3 Å². The van der Waals surface area contributed by atoms with E-state index in [4.69, 9.17) is 11.6 Å². The van der Waals surface area contributed by atoms with Gasteiger partial charge in [-0.15, -0.1) is 0 Å². The maximum atomic E-state index is 12.7. The number of aryl methyl sites for hydroxylation is 1. The first-order valence-corrected chi connectivity index (χ1v) is 8.49. The molecule has 3 aromatic rings. The van der Waals surface area contributed by atoms with Crippen molar-refractivity contribution in [3.8, 4) is 0 Å². The molecule has 4 rings (SSSR count). The van der Waals surface area contributed by atoms with E-state index in [1.54, 1.807) is 6.20 Å². The van der Waals surface area contributed by atoms with E-state index in [1.165, 1.54) is 0 Å². The van der Waals surface area contributed by atoms with Crippen LogP contribution in [0, 0.1) is 12.8 Å². The summed E-state index contributed by atoms with van der Waals surface area (Å²) < 4.78 is 0. The molecule has 0 aliphatic heterocycles. The molecule has 1 aliphatic carbocycles. The van der Waals surface area contributed by atoms with Crippen molar-refractivity contribution < 1.29 is 4.79 Å². The van der Waals surface area contributed by atoms with Crippen molar-refractivity contribution in [2.45, 2.75) is 25.8 Å². The number of nitrogens with zero attached hydrogens (tertiary/aromatic N) is 1. The molecule has 1 amide bonds. The second-order valence-corrected chi connectivity index (χ2v) is 6.90. The summed E-state index contributed by atoms with van der Waals surface area (Å²) in [6, 6.07) is 11.4. The standard InChI is InChI=1S/C19H18ClN3O/c1-11-6-7-21-16(8-11)18(12-2-3-12)23-19(24)17-10-13-9-14(20)4-5-15(13)22-17/h4-10,12,18,22H,2-3H2,1H3,(H,23,24). The van der Waals surface area contributed by atoms with Gasteiger partial charge in [-0.05, 0) is 67.6 Å². The summed E-state index contributed by atoms with van der Waals surface area (Å²) in [6.45, 7) is 2.04. The van der Waals surface area contributed by atoms with E-state index < -0.39 is 0 Å². The van der Waals surface area contributed by atoms with Gasteiger partial charge in [0.1, 0.15) is 5.69 Å². The third-order valence-corrected chi connectivity index (χ3v) is 4.70. The Hall–Kier alpha value is -2.33. The van der Waals surface area contributed by atoms with Gasteiger partial charge in [0, 0.05) is 22.1 Å². The zero-order chi connectivity index (χ0) is 16.7. The molecular weight excluding hydrogens is 322 g/mol. The second kappa shape index (κ2) is 5.95. The highest BCUT2D eigenvalue weighted by molar-refractivity contribution is 6.31. The number of amides is 1. The summed E-state index contributed by atoms with van der Waals surface area (Å²) in [5, 5.41) is 4.74. The quantitative estimate of drug-likeness (QED) is 0.740. The van der Waals surface area contributed by atoms with E-state index in [-0.39, 0.29) is 11.9 Å². The van der Waals surface area contributed by atoms with Crippen LogP contribution in [-0.2, 0) is 0 Å². The molecule has 2 heterocycles. The first kappa shape index (κ1) is 15.2. The topological polar surface area (TPSA) is 57.8 Å². The molecule has 0 spiro atoms.